The highest BCUT2D eigenvalue weighted by Crippen LogP contribution is 2.45. The maximum Gasteiger partial charge on any atom is 0.193 e. The van der Waals surface area contributed by atoms with Crippen molar-refractivity contribution in [2.24, 2.45) is 0 Å². The molecular weight excluding hydrogens is 516 g/mol. The van der Waals surface area contributed by atoms with Crippen LogP contribution in [0, 0.1) is 0 Å². The zero-order valence-corrected chi connectivity index (χ0v) is 22.9. The van der Waals surface area contributed by atoms with Crippen LogP contribution in [0.15, 0.2) is 109 Å². The van der Waals surface area contributed by atoms with E-state index in [0.29, 0.717) is 18.4 Å². The minimum atomic E-state index is -0.688. The summed E-state index contributed by atoms with van der Waals surface area (Å²) in [6.07, 6.45) is 7.63. The lowest BCUT2D eigenvalue weighted by atomic mass is 9.86. The lowest BCUT2D eigenvalue weighted by Gasteiger charge is -2.20. The van der Waals surface area contributed by atoms with Crippen molar-refractivity contribution in [1.82, 2.24) is 0 Å². The summed E-state index contributed by atoms with van der Waals surface area (Å²) in [7, 11) is 1.36. The summed E-state index contributed by atoms with van der Waals surface area (Å²) in [5.74, 6) is -1.73. The van der Waals surface area contributed by atoms with Crippen molar-refractivity contribution in [3.05, 3.63) is 137 Å². The Morgan fingerprint density at radius 1 is 0.902 bits per heavy atom. The van der Waals surface area contributed by atoms with Gasteiger partial charge in [0.2, 0.25) is 0 Å². The van der Waals surface area contributed by atoms with E-state index in [-0.39, 0.29) is 28.4 Å². The number of allylic oxidation sites excluding steroid dienone is 2. The first-order chi connectivity index (χ1) is 19.9. The largest absolute Gasteiger partial charge is 0.508 e. The van der Waals surface area contributed by atoms with Crippen molar-refractivity contribution in [3.8, 4) is 23.0 Å². The molecule has 0 heterocycles. The molecule has 4 aromatic carbocycles. The fourth-order valence-corrected chi connectivity index (χ4v) is 4.70. The molecule has 0 aromatic heterocycles. The molecule has 0 spiro atoms. The Morgan fingerprint density at radius 2 is 1.56 bits per heavy atom. The van der Waals surface area contributed by atoms with Crippen LogP contribution in [0.4, 0.5) is 0 Å². The molecule has 0 aliphatic carbocycles. The van der Waals surface area contributed by atoms with Crippen molar-refractivity contribution in [2.45, 2.75) is 31.3 Å². The van der Waals surface area contributed by atoms with Crippen LogP contribution in [0.2, 0.25) is 0 Å². The van der Waals surface area contributed by atoms with Crippen LogP contribution in [0.5, 0.6) is 23.0 Å². The molecule has 0 aliphatic heterocycles. The molecule has 0 fully saturated rings. The number of aryl methyl sites for hydroxylation is 1. The number of carbonyl (C=O) groups is 1. The Kier molecular flexibility index (Phi) is 9.97. The summed E-state index contributed by atoms with van der Waals surface area (Å²) >= 11 is 0. The van der Waals surface area contributed by atoms with Crippen molar-refractivity contribution < 1.29 is 30.0 Å². The van der Waals surface area contributed by atoms with Crippen LogP contribution in [0.3, 0.4) is 0 Å². The van der Waals surface area contributed by atoms with Gasteiger partial charge in [0.25, 0.3) is 0 Å². The summed E-state index contributed by atoms with van der Waals surface area (Å²) in [4.78, 5) is 13.3. The number of hydrogen-bond acceptors (Lipinski definition) is 6. The average molecular weight is 551 g/mol. The van der Waals surface area contributed by atoms with E-state index >= 15 is 0 Å². The Morgan fingerprint density at radius 3 is 2.22 bits per heavy atom. The number of aliphatic hydroxyl groups excluding tert-OH is 1. The van der Waals surface area contributed by atoms with Crippen molar-refractivity contribution in [1.29, 1.82) is 0 Å². The lowest BCUT2D eigenvalue weighted by Crippen LogP contribution is -2.08. The van der Waals surface area contributed by atoms with Gasteiger partial charge in [-0.15, -0.1) is 0 Å². The van der Waals surface area contributed by atoms with Crippen LogP contribution in [0.25, 0.3) is 6.08 Å². The third-order valence-electron chi connectivity index (χ3n) is 6.88. The molecule has 4 aromatic rings. The number of methoxy groups -OCH3 is 1. The molecule has 4 rings (SSSR count). The highest BCUT2D eigenvalue weighted by Gasteiger charge is 2.27. The highest BCUT2D eigenvalue weighted by atomic mass is 16.5. The molecule has 6 heteroatoms. The number of ketones is 1. The molecule has 6 nitrogen and oxygen atoms in total. The normalized spacial score (nSPS) is 12.9. The van der Waals surface area contributed by atoms with E-state index in [1.807, 2.05) is 60.7 Å². The van der Waals surface area contributed by atoms with Gasteiger partial charge in [-0.05, 0) is 54.2 Å². The topological polar surface area (TPSA) is 107 Å². The van der Waals surface area contributed by atoms with E-state index in [9.17, 15) is 25.2 Å². The van der Waals surface area contributed by atoms with Gasteiger partial charge in [-0.2, -0.15) is 0 Å². The van der Waals surface area contributed by atoms with Crippen LogP contribution in [0.1, 0.15) is 51.4 Å². The van der Waals surface area contributed by atoms with Crippen LogP contribution < -0.4 is 4.74 Å². The Labute approximate surface area is 240 Å². The quantitative estimate of drug-likeness (QED) is 0.0880. The Bertz CT molecular complexity index is 1490. The highest BCUT2D eigenvalue weighted by molar-refractivity contribution is 6.11. The molecule has 0 bridgehead atoms. The maximum absolute atomic E-state index is 13.3. The first-order valence-corrected chi connectivity index (χ1v) is 13.4. The molecule has 0 saturated carbocycles. The lowest BCUT2D eigenvalue weighted by molar-refractivity contribution is 0.104. The van der Waals surface area contributed by atoms with Gasteiger partial charge >= 0.3 is 0 Å². The molecule has 0 radical (unpaired) electrons. The van der Waals surface area contributed by atoms with Crippen LogP contribution in [-0.2, 0) is 6.42 Å². The monoisotopic (exact) mass is 550 g/mol. The molecule has 4 N–H and O–H groups in total. The summed E-state index contributed by atoms with van der Waals surface area (Å²) in [5, 5.41) is 42.9. The molecule has 0 aliphatic rings. The van der Waals surface area contributed by atoms with Gasteiger partial charge < -0.3 is 25.2 Å². The second kappa shape index (κ2) is 14.0. The number of ether oxygens (including phenoxy) is 1. The zero-order valence-electron chi connectivity index (χ0n) is 22.9. The molecule has 2 atom stereocenters. The number of carbonyl (C=O) groups excluding carboxylic acids is 1. The summed E-state index contributed by atoms with van der Waals surface area (Å²) in [6.45, 7) is 0. The third kappa shape index (κ3) is 7.65. The molecular formula is C35H34O6. The number of phenolic OH excluding ortho intramolecular Hbond substituents is 3. The van der Waals surface area contributed by atoms with Gasteiger partial charge in [0.05, 0.1) is 13.2 Å². The van der Waals surface area contributed by atoms with Gasteiger partial charge in [0.1, 0.15) is 28.6 Å². The zero-order chi connectivity index (χ0) is 29.2. The van der Waals surface area contributed by atoms with Gasteiger partial charge in [0.15, 0.2) is 5.78 Å². The third-order valence-corrected chi connectivity index (χ3v) is 6.88. The molecule has 0 saturated heterocycles. The number of rotatable bonds is 12. The van der Waals surface area contributed by atoms with E-state index in [2.05, 4.69) is 0 Å². The number of benzene rings is 4. The fraction of sp³-hybridized carbons (Fsp3) is 0.171. The predicted octanol–water partition coefficient (Wildman–Crippen LogP) is 6.78. The van der Waals surface area contributed by atoms with Gasteiger partial charge in [-0.25, -0.2) is 0 Å². The van der Waals surface area contributed by atoms with E-state index in [0.717, 1.165) is 17.5 Å². The smallest absolute Gasteiger partial charge is 0.193 e. The van der Waals surface area contributed by atoms with E-state index in [4.69, 9.17) is 4.74 Å². The SMILES string of the molecule is COc1cc(O)c([C@@H](/C=C/C[C@@H](O)CCc2ccccc2)c2ccc(O)cc2)c(O)c1C(=O)/C=C/c1ccccc1. The van der Waals surface area contributed by atoms with Gasteiger partial charge in [0, 0.05) is 17.5 Å². The predicted molar refractivity (Wildman–Crippen MR) is 161 cm³/mol. The second-order valence-electron chi connectivity index (χ2n) is 9.75. The summed E-state index contributed by atoms with van der Waals surface area (Å²) in [6, 6.07) is 26.9. The molecule has 0 unspecified atom stereocenters. The Balaban J connectivity index is 1.66. The van der Waals surface area contributed by atoms with Crippen molar-refractivity contribution >= 4 is 11.9 Å². The molecule has 0 amide bonds. The second-order valence-corrected chi connectivity index (χ2v) is 9.75. The van der Waals surface area contributed by atoms with E-state index in [1.165, 1.54) is 31.4 Å². The van der Waals surface area contributed by atoms with Crippen molar-refractivity contribution in [3.63, 3.8) is 0 Å². The maximum atomic E-state index is 13.3. The summed E-state index contributed by atoms with van der Waals surface area (Å²) < 4.78 is 5.35. The number of phenols is 3. The minimum Gasteiger partial charge on any atom is -0.508 e. The van der Waals surface area contributed by atoms with Gasteiger partial charge in [-0.1, -0.05) is 91.0 Å². The number of aromatic hydroxyl groups is 3. The summed E-state index contributed by atoms with van der Waals surface area (Å²) in [5.41, 5.74) is 2.65. The van der Waals surface area contributed by atoms with Crippen LogP contribution >= 0.6 is 0 Å². The van der Waals surface area contributed by atoms with E-state index in [1.54, 1.807) is 30.4 Å². The average Bonchev–Trinajstić information content (AvgIpc) is 2.99. The number of hydrogen-bond donors (Lipinski definition) is 4. The van der Waals surface area contributed by atoms with Crippen LogP contribution in [-0.4, -0.2) is 39.4 Å². The fourth-order valence-electron chi connectivity index (χ4n) is 4.70. The molecule has 41 heavy (non-hydrogen) atoms. The first kappa shape index (κ1) is 29.2. The first-order valence-electron chi connectivity index (χ1n) is 13.4. The molecule has 210 valence electrons. The minimum absolute atomic E-state index is 0.0382. The van der Waals surface area contributed by atoms with E-state index < -0.39 is 23.6 Å². The van der Waals surface area contributed by atoms with Gasteiger partial charge in [-0.3, -0.25) is 4.79 Å². The van der Waals surface area contributed by atoms with Crippen molar-refractivity contribution in [2.75, 3.05) is 7.11 Å². The Hall–Kier alpha value is -4.81. The number of aliphatic hydroxyl groups is 1. The standard InChI is InChI=1S/C35H34O6/c1-41-32-23-31(39)33(35(40)34(32)30(38)22-16-25-11-6-3-7-12-25)29(26-17-20-28(37)21-18-26)14-8-13-27(36)19-15-24-9-4-2-5-10-24/h2-12,14,16-18,20-23,27,29,36-37,39-40H,13,15,19H2,1H3/b14-8+,22-16+/t27-,29+/m1/s1.